The smallest absolute Gasteiger partial charge is 0.162 e. The summed E-state index contributed by atoms with van der Waals surface area (Å²) in [5.41, 5.74) is 1.52. The Labute approximate surface area is 90.0 Å². The molecule has 3 heteroatoms. The number of ether oxygens (including phenoxy) is 2. The van der Waals surface area contributed by atoms with Crippen molar-refractivity contribution < 1.29 is 14.3 Å². The second kappa shape index (κ2) is 4.82. The van der Waals surface area contributed by atoms with E-state index in [0.29, 0.717) is 17.1 Å². The topological polar surface area (TPSA) is 35.5 Å². The van der Waals surface area contributed by atoms with Crippen molar-refractivity contribution in [3.8, 4) is 11.5 Å². The molecule has 82 valence electrons. The van der Waals surface area contributed by atoms with Crippen LogP contribution in [0.1, 0.15) is 29.8 Å². The summed E-state index contributed by atoms with van der Waals surface area (Å²) in [4.78, 5) is 10.8. The molecule has 1 aromatic rings. The number of methoxy groups -OCH3 is 1. The Bertz CT molecular complexity index is 356. The molecule has 1 aromatic carbocycles. The molecule has 0 N–H and O–H groups in total. The van der Waals surface area contributed by atoms with E-state index < -0.39 is 0 Å². The van der Waals surface area contributed by atoms with Gasteiger partial charge in [0.25, 0.3) is 0 Å². The summed E-state index contributed by atoms with van der Waals surface area (Å²) < 4.78 is 10.7. The van der Waals surface area contributed by atoms with Gasteiger partial charge in [-0.05, 0) is 38.5 Å². The molecule has 0 unspecified atom stereocenters. The van der Waals surface area contributed by atoms with Crippen LogP contribution in [0.25, 0.3) is 0 Å². The van der Waals surface area contributed by atoms with Gasteiger partial charge in [-0.2, -0.15) is 0 Å². The molecule has 15 heavy (non-hydrogen) atoms. The summed E-state index contributed by atoms with van der Waals surface area (Å²) >= 11 is 0. The molecule has 0 aliphatic rings. The molecule has 0 fully saturated rings. The minimum atomic E-state index is 0.0566. The van der Waals surface area contributed by atoms with Crippen LogP contribution < -0.4 is 9.47 Å². The van der Waals surface area contributed by atoms with Crippen LogP contribution in [0.4, 0.5) is 0 Å². The molecule has 3 nitrogen and oxygen atoms in total. The van der Waals surface area contributed by atoms with Gasteiger partial charge < -0.3 is 9.47 Å². The lowest BCUT2D eigenvalue weighted by Gasteiger charge is -2.14. The lowest BCUT2D eigenvalue weighted by molar-refractivity contribution is 0.112. The largest absolute Gasteiger partial charge is 0.493 e. The molecule has 0 atom stereocenters. The predicted molar refractivity (Wildman–Crippen MR) is 58.9 cm³/mol. The van der Waals surface area contributed by atoms with E-state index in [1.54, 1.807) is 19.2 Å². The van der Waals surface area contributed by atoms with E-state index in [4.69, 9.17) is 9.47 Å². The highest BCUT2D eigenvalue weighted by atomic mass is 16.5. The van der Waals surface area contributed by atoms with Gasteiger partial charge in [0, 0.05) is 5.56 Å². The molecular weight excluding hydrogens is 192 g/mol. The normalized spacial score (nSPS) is 10.2. The third kappa shape index (κ3) is 2.72. The lowest BCUT2D eigenvalue weighted by atomic mass is 10.1. The van der Waals surface area contributed by atoms with Crippen molar-refractivity contribution in [2.24, 2.45) is 0 Å². The zero-order valence-corrected chi connectivity index (χ0v) is 9.53. The first-order valence-corrected chi connectivity index (χ1v) is 4.89. The highest BCUT2D eigenvalue weighted by molar-refractivity contribution is 5.79. The minimum Gasteiger partial charge on any atom is -0.493 e. The first-order chi connectivity index (χ1) is 7.08. The van der Waals surface area contributed by atoms with Crippen molar-refractivity contribution in [3.63, 3.8) is 0 Å². The number of hydrogen-bond donors (Lipinski definition) is 0. The van der Waals surface area contributed by atoms with Crippen molar-refractivity contribution in [3.05, 3.63) is 23.3 Å². The molecule has 0 aliphatic heterocycles. The predicted octanol–water partition coefficient (Wildman–Crippen LogP) is 2.60. The van der Waals surface area contributed by atoms with Crippen LogP contribution in [0.3, 0.4) is 0 Å². The number of carbonyl (C=O) groups excluding carboxylic acids is 1. The Kier molecular flexibility index (Phi) is 3.72. The number of rotatable bonds is 4. The van der Waals surface area contributed by atoms with Gasteiger partial charge in [-0.15, -0.1) is 0 Å². The third-order valence-electron chi connectivity index (χ3n) is 2.04. The van der Waals surface area contributed by atoms with Gasteiger partial charge in [-0.3, -0.25) is 4.79 Å². The van der Waals surface area contributed by atoms with E-state index in [1.807, 2.05) is 20.8 Å². The van der Waals surface area contributed by atoms with Crippen molar-refractivity contribution in [1.29, 1.82) is 0 Å². The van der Waals surface area contributed by atoms with Gasteiger partial charge in [-0.25, -0.2) is 0 Å². The molecule has 0 saturated carbocycles. The van der Waals surface area contributed by atoms with Gasteiger partial charge in [-0.1, -0.05) is 0 Å². The molecule has 0 spiro atoms. The minimum absolute atomic E-state index is 0.0566. The summed E-state index contributed by atoms with van der Waals surface area (Å²) in [6.45, 7) is 5.73. The second-order valence-corrected chi connectivity index (χ2v) is 3.64. The van der Waals surface area contributed by atoms with Crippen molar-refractivity contribution in [2.45, 2.75) is 26.9 Å². The van der Waals surface area contributed by atoms with Gasteiger partial charge in [0.05, 0.1) is 13.2 Å². The SMILES string of the molecule is COc1cc(C)c(C=O)cc1OC(C)C. The Hall–Kier alpha value is -1.51. The van der Waals surface area contributed by atoms with E-state index in [0.717, 1.165) is 11.8 Å². The van der Waals surface area contributed by atoms with Crippen LogP contribution in [0, 0.1) is 6.92 Å². The van der Waals surface area contributed by atoms with Crippen LogP contribution in [-0.4, -0.2) is 19.5 Å². The van der Waals surface area contributed by atoms with Crippen molar-refractivity contribution in [1.82, 2.24) is 0 Å². The van der Waals surface area contributed by atoms with Crippen LogP contribution in [0.5, 0.6) is 11.5 Å². The maximum Gasteiger partial charge on any atom is 0.162 e. The number of benzene rings is 1. The van der Waals surface area contributed by atoms with Crippen LogP contribution in [0.2, 0.25) is 0 Å². The quantitative estimate of drug-likeness (QED) is 0.713. The highest BCUT2D eigenvalue weighted by Crippen LogP contribution is 2.30. The van der Waals surface area contributed by atoms with Gasteiger partial charge in [0.15, 0.2) is 11.5 Å². The Morgan fingerprint density at radius 1 is 1.27 bits per heavy atom. The van der Waals surface area contributed by atoms with Gasteiger partial charge >= 0.3 is 0 Å². The average molecular weight is 208 g/mol. The fourth-order valence-electron chi connectivity index (χ4n) is 1.31. The molecule has 0 saturated heterocycles. The van der Waals surface area contributed by atoms with Crippen LogP contribution in [-0.2, 0) is 0 Å². The fourth-order valence-corrected chi connectivity index (χ4v) is 1.31. The fraction of sp³-hybridized carbons (Fsp3) is 0.417. The monoisotopic (exact) mass is 208 g/mol. The maximum absolute atomic E-state index is 10.8. The third-order valence-corrected chi connectivity index (χ3v) is 2.04. The molecule has 0 heterocycles. The summed E-state index contributed by atoms with van der Waals surface area (Å²) in [6, 6.07) is 3.52. The highest BCUT2D eigenvalue weighted by Gasteiger charge is 2.09. The zero-order valence-electron chi connectivity index (χ0n) is 9.53. The molecule has 0 aromatic heterocycles. The average Bonchev–Trinajstić information content (AvgIpc) is 2.19. The molecule has 0 aliphatic carbocycles. The summed E-state index contributed by atoms with van der Waals surface area (Å²) in [6.07, 6.45) is 0.878. The van der Waals surface area contributed by atoms with Crippen molar-refractivity contribution >= 4 is 6.29 Å². The van der Waals surface area contributed by atoms with E-state index in [1.165, 1.54) is 0 Å². The number of aryl methyl sites for hydroxylation is 1. The molecular formula is C12H16O3. The Morgan fingerprint density at radius 2 is 1.93 bits per heavy atom. The van der Waals surface area contributed by atoms with Gasteiger partial charge in [0.1, 0.15) is 6.29 Å². The number of hydrogen-bond acceptors (Lipinski definition) is 3. The zero-order chi connectivity index (χ0) is 11.4. The Morgan fingerprint density at radius 3 is 2.40 bits per heavy atom. The van der Waals surface area contributed by atoms with Crippen LogP contribution >= 0.6 is 0 Å². The molecule has 0 bridgehead atoms. The van der Waals surface area contributed by atoms with Gasteiger partial charge in [0.2, 0.25) is 0 Å². The summed E-state index contributed by atoms with van der Waals surface area (Å²) in [5, 5.41) is 0. The first-order valence-electron chi connectivity index (χ1n) is 4.89. The number of carbonyl (C=O) groups is 1. The van der Waals surface area contributed by atoms with E-state index in [2.05, 4.69) is 0 Å². The molecule has 0 radical (unpaired) electrons. The molecule has 1 rings (SSSR count). The molecule has 0 amide bonds. The lowest BCUT2D eigenvalue weighted by Crippen LogP contribution is -2.07. The first kappa shape index (κ1) is 11.6. The van der Waals surface area contributed by atoms with Crippen molar-refractivity contribution in [2.75, 3.05) is 7.11 Å². The standard InChI is InChI=1S/C12H16O3/c1-8(2)15-12-6-10(7-13)9(3)5-11(12)14-4/h5-8H,1-4H3. The summed E-state index contributed by atoms with van der Waals surface area (Å²) in [5.74, 6) is 1.27. The Balaban J connectivity index is 3.16. The van der Waals surface area contributed by atoms with Crippen LogP contribution in [0.15, 0.2) is 12.1 Å². The summed E-state index contributed by atoms with van der Waals surface area (Å²) in [7, 11) is 1.59. The van der Waals surface area contributed by atoms with E-state index in [-0.39, 0.29) is 6.10 Å². The van der Waals surface area contributed by atoms with E-state index in [9.17, 15) is 4.79 Å². The van der Waals surface area contributed by atoms with E-state index >= 15 is 0 Å². The maximum atomic E-state index is 10.8. The second-order valence-electron chi connectivity index (χ2n) is 3.64. The number of aldehydes is 1.